The molecule has 1 aliphatic carbocycles. The molecule has 1 unspecified atom stereocenters. The van der Waals surface area contributed by atoms with Gasteiger partial charge in [0.15, 0.2) is 0 Å². The number of sulfonamides is 1. The highest BCUT2D eigenvalue weighted by Gasteiger charge is 2.37. The van der Waals surface area contributed by atoms with E-state index in [-0.39, 0.29) is 5.56 Å². The Morgan fingerprint density at radius 1 is 1.31 bits per heavy atom. The number of hydrogen-bond acceptors (Lipinski definition) is 3. The summed E-state index contributed by atoms with van der Waals surface area (Å²) in [6.45, 7) is 0. The number of alkyl halides is 3. The summed E-state index contributed by atoms with van der Waals surface area (Å²) in [6, 6.07) is 4.39. The van der Waals surface area contributed by atoms with Gasteiger partial charge in [-0.1, -0.05) is 18.2 Å². The molecule has 3 rings (SSSR count). The van der Waals surface area contributed by atoms with E-state index in [2.05, 4.69) is 5.10 Å². The van der Waals surface area contributed by atoms with Gasteiger partial charge in [-0.05, 0) is 30.9 Å². The van der Waals surface area contributed by atoms with Gasteiger partial charge in [-0.3, -0.25) is 4.68 Å². The molecule has 0 saturated carbocycles. The summed E-state index contributed by atoms with van der Waals surface area (Å²) in [6.07, 6.45) is -0.709. The van der Waals surface area contributed by atoms with Crippen molar-refractivity contribution in [2.45, 2.75) is 37.2 Å². The average molecular weight is 387 g/mol. The molecule has 0 radical (unpaired) electrons. The molecule has 1 heterocycles. The summed E-state index contributed by atoms with van der Waals surface area (Å²) < 4.78 is 68.0. The van der Waals surface area contributed by atoms with Crippen LogP contribution in [-0.4, -0.2) is 29.6 Å². The van der Waals surface area contributed by atoms with E-state index in [1.54, 1.807) is 17.9 Å². The highest BCUT2D eigenvalue weighted by molar-refractivity contribution is 7.88. The van der Waals surface area contributed by atoms with Gasteiger partial charge in [0, 0.05) is 25.4 Å². The maximum absolute atomic E-state index is 13.2. The summed E-state index contributed by atoms with van der Waals surface area (Å²) in [7, 11) is -0.703. The number of fused-ring (bicyclic) bond motifs is 1. The van der Waals surface area contributed by atoms with Gasteiger partial charge in [0.2, 0.25) is 10.0 Å². The van der Waals surface area contributed by atoms with Gasteiger partial charge < -0.3 is 0 Å². The van der Waals surface area contributed by atoms with Crippen LogP contribution in [0.25, 0.3) is 0 Å². The van der Waals surface area contributed by atoms with Crippen LogP contribution >= 0.6 is 0 Å². The maximum atomic E-state index is 13.2. The van der Waals surface area contributed by atoms with Crippen LogP contribution in [0.5, 0.6) is 0 Å². The van der Waals surface area contributed by atoms with E-state index < -0.39 is 33.6 Å². The number of aromatic nitrogens is 2. The highest BCUT2D eigenvalue weighted by atomic mass is 32.2. The fourth-order valence-corrected chi connectivity index (χ4v) is 4.93. The molecule has 0 amide bonds. The van der Waals surface area contributed by atoms with Crippen molar-refractivity contribution in [3.63, 3.8) is 0 Å². The third-order valence-electron chi connectivity index (χ3n) is 4.88. The molecule has 9 heteroatoms. The van der Waals surface area contributed by atoms with E-state index in [4.69, 9.17) is 0 Å². The summed E-state index contributed by atoms with van der Waals surface area (Å²) >= 11 is 0. The molecule has 26 heavy (non-hydrogen) atoms. The zero-order chi connectivity index (χ0) is 19.1. The van der Waals surface area contributed by atoms with Crippen molar-refractivity contribution in [1.82, 2.24) is 14.1 Å². The predicted octanol–water partition coefficient (Wildman–Crippen LogP) is 3.28. The molecule has 0 bridgehead atoms. The minimum atomic E-state index is -4.59. The van der Waals surface area contributed by atoms with E-state index in [0.29, 0.717) is 6.42 Å². The number of halogens is 3. The van der Waals surface area contributed by atoms with Gasteiger partial charge in [0.05, 0.1) is 23.6 Å². The van der Waals surface area contributed by atoms with E-state index in [0.717, 1.165) is 30.2 Å². The van der Waals surface area contributed by atoms with Crippen molar-refractivity contribution in [3.8, 4) is 0 Å². The molecule has 0 saturated heterocycles. The lowest BCUT2D eigenvalue weighted by Crippen LogP contribution is -2.34. The van der Waals surface area contributed by atoms with Crippen LogP contribution in [0.1, 0.15) is 41.3 Å². The monoisotopic (exact) mass is 387 g/mol. The van der Waals surface area contributed by atoms with Crippen LogP contribution in [0.15, 0.2) is 30.5 Å². The molecular formula is C17H20F3N3O2S. The van der Waals surface area contributed by atoms with Gasteiger partial charge >= 0.3 is 6.18 Å². The Bertz CT molecular complexity index is 906. The third-order valence-corrected chi connectivity index (χ3v) is 6.69. The second-order valence-electron chi connectivity index (χ2n) is 6.51. The molecule has 142 valence electrons. The Balaban J connectivity index is 1.91. The first-order valence-corrected chi connectivity index (χ1v) is 9.84. The predicted molar refractivity (Wildman–Crippen MR) is 90.7 cm³/mol. The second kappa shape index (κ2) is 6.70. The summed E-state index contributed by atoms with van der Waals surface area (Å²) in [5.41, 5.74) is 0.643. The molecular weight excluding hydrogens is 367 g/mol. The zero-order valence-electron chi connectivity index (χ0n) is 14.5. The standard InChI is InChI=1S/C17H20F3N3O2S/c1-22-15-8-5-9-16(13(15)10-21-22)23(2)26(24,25)11-12-6-3-4-7-14(12)17(18,19)20/h3-4,6-7,10,16H,5,8-9,11H2,1-2H3. The van der Waals surface area contributed by atoms with Crippen molar-refractivity contribution in [2.24, 2.45) is 7.05 Å². The Hall–Kier alpha value is -1.87. The van der Waals surface area contributed by atoms with Gasteiger partial charge in [-0.2, -0.15) is 22.6 Å². The number of nitrogens with zero attached hydrogens (tertiary/aromatic N) is 3. The van der Waals surface area contributed by atoms with Crippen LogP contribution in [0.2, 0.25) is 0 Å². The summed E-state index contributed by atoms with van der Waals surface area (Å²) in [5, 5.41) is 4.19. The molecule has 1 aromatic carbocycles. The molecule has 0 aliphatic heterocycles. The average Bonchev–Trinajstić information content (AvgIpc) is 2.95. The topological polar surface area (TPSA) is 55.2 Å². The first-order chi connectivity index (χ1) is 12.1. The molecule has 2 aromatic rings. The lowest BCUT2D eigenvalue weighted by Gasteiger charge is -2.31. The fraction of sp³-hybridized carbons (Fsp3) is 0.471. The number of hydrogen-bond donors (Lipinski definition) is 0. The van der Waals surface area contributed by atoms with Gasteiger partial charge in [-0.15, -0.1) is 0 Å². The fourth-order valence-electron chi connectivity index (χ4n) is 3.48. The van der Waals surface area contributed by atoms with Crippen LogP contribution in [0.3, 0.4) is 0 Å². The maximum Gasteiger partial charge on any atom is 0.416 e. The minimum absolute atomic E-state index is 0.242. The van der Waals surface area contributed by atoms with Crippen molar-refractivity contribution in [2.75, 3.05) is 7.05 Å². The summed E-state index contributed by atoms with van der Waals surface area (Å²) in [4.78, 5) is 0. The van der Waals surface area contributed by atoms with Crippen LogP contribution in [-0.2, 0) is 35.4 Å². The van der Waals surface area contributed by atoms with Crippen LogP contribution < -0.4 is 0 Å². The van der Waals surface area contributed by atoms with Gasteiger partial charge in [-0.25, -0.2) is 8.42 Å². The molecule has 1 aliphatic rings. The number of benzene rings is 1. The smallest absolute Gasteiger partial charge is 0.272 e. The van der Waals surface area contributed by atoms with Crippen LogP contribution in [0.4, 0.5) is 13.2 Å². The zero-order valence-corrected chi connectivity index (χ0v) is 15.3. The first kappa shape index (κ1) is 18.9. The van der Waals surface area contributed by atoms with Crippen molar-refractivity contribution < 1.29 is 21.6 Å². The molecule has 0 N–H and O–H groups in total. The molecule has 1 atom stereocenters. The summed E-state index contributed by atoms with van der Waals surface area (Å²) in [5.74, 6) is -0.689. The van der Waals surface area contributed by atoms with Crippen molar-refractivity contribution >= 4 is 10.0 Å². The Kier molecular flexibility index (Phi) is 4.87. The largest absolute Gasteiger partial charge is 0.416 e. The Morgan fingerprint density at radius 2 is 2.00 bits per heavy atom. The third kappa shape index (κ3) is 3.50. The van der Waals surface area contributed by atoms with E-state index >= 15 is 0 Å². The Labute approximate surface area is 150 Å². The van der Waals surface area contributed by atoms with E-state index in [9.17, 15) is 21.6 Å². The van der Waals surface area contributed by atoms with Crippen molar-refractivity contribution in [3.05, 3.63) is 52.8 Å². The first-order valence-electron chi connectivity index (χ1n) is 8.23. The quantitative estimate of drug-likeness (QED) is 0.809. The normalized spacial score (nSPS) is 18.2. The highest BCUT2D eigenvalue weighted by Crippen LogP contribution is 2.37. The Morgan fingerprint density at radius 3 is 2.69 bits per heavy atom. The van der Waals surface area contributed by atoms with Gasteiger partial charge in [0.25, 0.3) is 0 Å². The van der Waals surface area contributed by atoms with Gasteiger partial charge in [0.1, 0.15) is 0 Å². The molecule has 1 aromatic heterocycles. The SMILES string of the molecule is CN(C1CCCc2c1cnn2C)S(=O)(=O)Cc1ccccc1C(F)(F)F. The lowest BCUT2D eigenvalue weighted by atomic mass is 9.93. The lowest BCUT2D eigenvalue weighted by molar-refractivity contribution is -0.138. The minimum Gasteiger partial charge on any atom is -0.272 e. The number of rotatable bonds is 4. The molecule has 5 nitrogen and oxygen atoms in total. The van der Waals surface area contributed by atoms with Crippen LogP contribution in [0, 0.1) is 0 Å². The molecule has 0 fully saturated rings. The number of aryl methyl sites for hydroxylation is 1. The van der Waals surface area contributed by atoms with E-state index in [1.165, 1.54) is 29.6 Å². The van der Waals surface area contributed by atoms with Crippen molar-refractivity contribution in [1.29, 1.82) is 0 Å². The second-order valence-corrected chi connectivity index (χ2v) is 8.53. The van der Waals surface area contributed by atoms with E-state index in [1.807, 2.05) is 0 Å². The molecule has 0 spiro atoms.